The summed E-state index contributed by atoms with van der Waals surface area (Å²) in [6.45, 7) is 1.93. The van der Waals surface area contributed by atoms with Crippen LogP contribution in [-0.2, 0) is 9.59 Å². The van der Waals surface area contributed by atoms with E-state index in [1.807, 2.05) is 37.3 Å². The molecule has 0 spiro atoms. The number of nitrogens with one attached hydrogen (secondary N) is 3. The first kappa shape index (κ1) is 28.8. The molecule has 0 aliphatic rings. The zero-order chi connectivity index (χ0) is 29.2. The van der Waals surface area contributed by atoms with Gasteiger partial charge in [-0.05, 0) is 84.8 Å². The van der Waals surface area contributed by atoms with Crippen LogP contribution >= 0.6 is 11.8 Å². The fourth-order valence-corrected chi connectivity index (χ4v) is 4.44. The fraction of sp³-hybridized carbons (Fsp3) is 0.0625. The van der Waals surface area contributed by atoms with Crippen molar-refractivity contribution in [1.29, 1.82) is 0 Å². The van der Waals surface area contributed by atoms with E-state index in [-0.39, 0.29) is 17.4 Å². The molecule has 0 bridgehead atoms. The van der Waals surface area contributed by atoms with Crippen LogP contribution in [0.4, 0.5) is 11.4 Å². The Bertz CT molecular complexity index is 1580. The first-order valence-corrected chi connectivity index (χ1v) is 13.6. The summed E-state index contributed by atoms with van der Waals surface area (Å²) in [4.78, 5) is 50.4. The lowest BCUT2D eigenvalue weighted by molar-refractivity contribution is -0.114. The predicted octanol–water partition coefficient (Wildman–Crippen LogP) is 5.23. The van der Waals surface area contributed by atoms with Crippen molar-refractivity contribution in [2.75, 3.05) is 16.4 Å². The van der Waals surface area contributed by atoms with Gasteiger partial charge in [0.2, 0.25) is 11.8 Å². The number of hydrogen-bond acceptors (Lipinski definition) is 5. The maximum atomic E-state index is 13.2. The molecule has 4 rings (SSSR count). The number of amides is 4. The normalized spacial score (nSPS) is 10.9. The van der Waals surface area contributed by atoms with E-state index in [0.29, 0.717) is 22.5 Å². The third-order valence-electron chi connectivity index (χ3n) is 5.95. The van der Waals surface area contributed by atoms with Gasteiger partial charge >= 0.3 is 0 Å². The van der Waals surface area contributed by atoms with Crippen molar-refractivity contribution in [2.24, 2.45) is 5.73 Å². The minimum absolute atomic E-state index is 0.104. The van der Waals surface area contributed by atoms with Crippen LogP contribution in [0.3, 0.4) is 0 Å². The van der Waals surface area contributed by atoms with Gasteiger partial charge in [0.05, 0.1) is 5.75 Å². The molecule has 0 saturated heterocycles. The van der Waals surface area contributed by atoms with Crippen molar-refractivity contribution in [2.45, 2.75) is 11.8 Å². The molecule has 4 amide bonds. The van der Waals surface area contributed by atoms with Crippen molar-refractivity contribution in [1.82, 2.24) is 5.32 Å². The molecule has 9 heteroatoms. The standard InChI is InChI=1S/C32H28N4O4S/c1-21-7-5-6-10-24(21)19-28(36-31(39)23-8-3-2-4-9-23)32(40)35-26-15-17-27(18-16-26)41-20-29(37)34-25-13-11-22(12-14-25)30(33)38/h2-19H,20H2,1H3,(H2,33,38)(H,34,37)(H,35,40)(H,36,39)/b28-19-. The van der Waals surface area contributed by atoms with Crippen LogP contribution in [0.5, 0.6) is 0 Å². The Kier molecular flexibility index (Phi) is 9.69. The van der Waals surface area contributed by atoms with E-state index >= 15 is 0 Å². The molecule has 4 aromatic carbocycles. The zero-order valence-electron chi connectivity index (χ0n) is 22.2. The number of nitrogens with two attached hydrogens (primary N) is 1. The van der Waals surface area contributed by atoms with E-state index in [9.17, 15) is 19.2 Å². The van der Waals surface area contributed by atoms with Crippen molar-refractivity contribution in [3.8, 4) is 0 Å². The lowest BCUT2D eigenvalue weighted by atomic mass is 10.1. The number of primary amides is 1. The zero-order valence-corrected chi connectivity index (χ0v) is 23.0. The second-order valence-corrected chi connectivity index (χ2v) is 10.0. The fourth-order valence-electron chi connectivity index (χ4n) is 3.74. The first-order chi connectivity index (χ1) is 19.8. The highest BCUT2D eigenvalue weighted by molar-refractivity contribution is 8.00. The molecule has 41 heavy (non-hydrogen) atoms. The topological polar surface area (TPSA) is 130 Å². The molecule has 0 aliphatic carbocycles. The molecule has 5 N–H and O–H groups in total. The molecule has 0 aromatic heterocycles. The Hall–Kier alpha value is -5.15. The second-order valence-electron chi connectivity index (χ2n) is 8.99. The van der Waals surface area contributed by atoms with Crippen LogP contribution in [0, 0.1) is 6.92 Å². The molecule has 0 unspecified atom stereocenters. The SMILES string of the molecule is Cc1ccccc1/C=C(\NC(=O)c1ccccc1)C(=O)Nc1ccc(SCC(=O)Nc2ccc(C(N)=O)cc2)cc1. The number of thioether (sulfide) groups is 1. The average molecular weight is 565 g/mol. The molecule has 0 atom stereocenters. The van der Waals surface area contributed by atoms with Gasteiger partial charge in [-0.15, -0.1) is 11.8 Å². The average Bonchev–Trinajstić information content (AvgIpc) is 2.98. The van der Waals surface area contributed by atoms with Crippen LogP contribution in [0.15, 0.2) is 114 Å². The van der Waals surface area contributed by atoms with E-state index in [4.69, 9.17) is 5.73 Å². The summed E-state index contributed by atoms with van der Waals surface area (Å²) in [7, 11) is 0. The maximum Gasteiger partial charge on any atom is 0.272 e. The number of carbonyl (C=O) groups excluding carboxylic acids is 4. The van der Waals surface area contributed by atoms with Gasteiger partial charge in [0.25, 0.3) is 11.8 Å². The predicted molar refractivity (Wildman–Crippen MR) is 162 cm³/mol. The second kappa shape index (κ2) is 13.8. The highest BCUT2D eigenvalue weighted by Crippen LogP contribution is 2.22. The minimum Gasteiger partial charge on any atom is -0.366 e. The molecule has 0 fully saturated rings. The lowest BCUT2D eigenvalue weighted by Gasteiger charge is -2.12. The largest absolute Gasteiger partial charge is 0.366 e. The molecule has 0 aliphatic heterocycles. The number of anilines is 2. The number of benzene rings is 4. The third-order valence-corrected chi connectivity index (χ3v) is 6.96. The molecular formula is C32H28N4O4S. The van der Waals surface area contributed by atoms with Crippen LogP contribution in [-0.4, -0.2) is 29.4 Å². The Labute approximate surface area is 242 Å². The maximum absolute atomic E-state index is 13.2. The molecule has 0 radical (unpaired) electrons. The lowest BCUT2D eigenvalue weighted by Crippen LogP contribution is -2.30. The summed E-state index contributed by atoms with van der Waals surface area (Å²) < 4.78 is 0. The number of rotatable bonds is 10. The number of carbonyl (C=O) groups is 4. The van der Waals surface area contributed by atoms with Gasteiger partial charge in [-0.2, -0.15) is 0 Å². The molecule has 0 saturated carbocycles. The van der Waals surface area contributed by atoms with Gasteiger partial charge in [-0.25, -0.2) is 0 Å². The first-order valence-electron chi connectivity index (χ1n) is 12.7. The van der Waals surface area contributed by atoms with Crippen molar-refractivity contribution in [3.05, 3.63) is 131 Å². The van der Waals surface area contributed by atoms with Gasteiger partial charge in [0.15, 0.2) is 0 Å². The molecule has 4 aromatic rings. The van der Waals surface area contributed by atoms with Crippen LogP contribution in [0.25, 0.3) is 6.08 Å². The molecule has 0 heterocycles. The summed E-state index contributed by atoms with van der Waals surface area (Å²) in [6, 6.07) is 29.6. The number of hydrogen-bond donors (Lipinski definition) is 4. The quantitative estimate of drug-likeness (QED) is 0.155. The van der Waals surface area contributed by atoms with Gasteiger partial charge in [0, 0.05) is 27.4 Å². The smallest absolute Gasteiger partial charge is 0.272 e. The summed E-state index contributed by atoms with van der Waals surface area (Å²) in [6.07, 6.45) is 1.65. The summed E-state index contributed by atoms with van der Waals surface area (Å²) in [5.41, 5.74) is 8.99. The van der Waals surface area contributed by atoms with E-state index in [1.54, 1.807) is 78.9 Å². The Balaban J connectivity index is 1.38. The van der Waals surface area contributed by atoms with Crippen molar-refractivity contribution >= 4 is 52.8 Å². The summed E-state index contributed by atoms with van der Waals surface area (Å²) in [5.74, 6) is -1.44. The van der Waals surface area contributed by atoms with Gasteiger partial charge in [-0.3, -0.25) is 19.2 Å². The van der Waals surface area contributed by atoms with Crippen LogP contribution in [0.1, 0.15) is 31.8 Å². The van der Waals surface area contributed by atoms with Crippen molar-refractivity contribution in [3.63, 3.8) is 0 Å². The van der Waals surface area contributed by atoms with Crippen molar-refractivity contribution < 1.29 is 19.2 Å². The number of aryl methyl sites for hydroxylation is 1. The Morgan fingerprint density at radius 1 is 0.732 bits per heavy atom. The highest BCUT2D eigenvalue weighted by Gasteiger charge is 2.16. The Morgan fingerprint density at radius 2 is 1.34 bits per heavy atom. The molecule has 8 nitrogen and oxygen atoms in total. The summed E-state index contributed by atoms with van der Waals surface area (Å²) >= 11 is 1.33. The van der Waals surface area contributed by atoms with E-state index < -0.39 is 17.7 Å². The third kappa shape index (κ3) is 8.42. The Morgan fingerprint density at radius 3 is 2.00 bits per heavy atom. The monoisotopic (exact) mass is 564 g/mol. The van der Waals surface area contributed by atoms with Crippen LogP contribution in [0.2, 0.25) is 0 Å². The van der Waals surface area contributed by atoms with Gasteiger partial charge < -0.3 is 21.7 Å². The van der Waals surface area contributed by atoms with E-state index in [1.165, 1.54) is 11.8 Å². The van der Waals surface area contributed by atoms with E-state index in [2.05, 4.69) is 16.0 Å². The molecule has 206 valence electrons. The highest BCUT2D eigenvalue weighted by atomic mass is 32.2. The van der Waals surface area contributed by atoms with Crippen LogP contribution < -0.4 is 21.7 Å². The van der Waals surface area contributed by atoms with Gasteiger partial charge in [0.1, 0.15) is 5.70 Å². The summed E-state index contributed by atoms with van der Waals surface area (Å²) in [5, 5.41) is 8.34. The van der Waals surface area contributed by atoms with E-state index in [0.717, 1.165) is 16.0 Å². The minimum atomic E-state index is -0.534. The molecular weight excluding hydrogens is 536 g/mol. The van der Waals surface area contributed by atoms with Gasteiger partial charge in [-0.1, -0.05) is 42.5 Å².